The highest BCUT2D eigenvalue weighted by Crippen LogP contribution is 2.25. The van der Waals surface area contributed by atoms with Crippen LogP contribution in [-0.2, 0) is 20.8 Å². The third-order valence-electron chi connectivity index (χ3n) is 5.87. The minimum absolute atomic E-state index is 0.170. The molecule has 10 nitrogen and oxygen atoms in total. The number of hydrogen-bond acceptors (Lipinski definition) is 8. The van der Waals surface area contributed by atoms with Crippen molar-refractivity contribution >= 4 is 11.8 Å². The molecule has 2 aromatic rings. The van der Waals surface area contributed by atoms with E-state index in [2.05, 4.69) is 5.32 Å². The minimum Gasteiger partial charge on any atom is -0.494 e. The normalized spacial score (nSPS) is 21.8. The van der Waals surface area contributed by atoms with E-state index >= 15 is 0 Å². The van der Waals surface area contributed by atoms with Gasteiger partial charge in [0.25, 0.3) is 5.91 Å². The fourth-order valence-electron chi connectivity index (χ4n) is 3.71. The van der Waals surface area contributed by atoms with E-state index in [1.807, 2.05) is 0 Å². The maximum Gasteiger partial charge on any atom is 0.471 e. The Labute approximate surface area is 222 Å². The van der Waals surface area contributed by atoms with Crippen LogP contribution < -0.4 is 15.4 Å². The fourth-order valence-corrected chi connectivity index (χ4v) is 3.71. The van der Waals surface area contributed by atoms with Gasteiger partial charge in [-0.15, -0.1) is 0 Å². The SMILES string of the molecule is O=C(NC[C@@H](O)[C@@H]1OC(OCCCCOc2ccc(CNC(=O)C(F)(F)F)cc2)[C@H](O)[C@H]1O)c1ccccc1. The van der Waals surface area contributed by atoms with Crippen LogP contribution in [0, 0.1) is 0 Å². The van der Waals surface area contributed by atoms with Crippen LogP contribution in [0.2, 0.25) is 0 Å². The van der Waals surface area contributed by atoms with Crippen molar-refractivity contribution in [1.29, 1.82) is 0 Å². The lowest BCUT2D eigenvalue weighted by molar-refractivity contribution is -0.177. The molecule has 0 aliphatic carbocycles. The summed E-state index contributed by atoms with van der Waals surface area (Å²) in [5.41, 5.74) is 0.891. The highest BCUT2D eigenvalue weighted by Gasteiger charge is 2.46. The van der Waals surface area contributed by atoms with Crippen molar-refractivity contribution in [2.24, 2.45) is 0 Å². The Balaban J connectivity index is 1.30. The summed E-state index contributed by atoms with van der Waals surface area (Å²) in [5.74, 6) is -1.91. The van der Waals surface area contributed by atoms with Gasteiger partial charge in [0, 0.05) is 25.3 Å². The molecule has 1 saturated heterocycles. The van der Waals surface area contributed by atoms with Crippen LogP contribution in [-0.4, -0.2) is 83.8 Å². The molecule has 1 aliphatic heterocycles. The summed E-state index contributed by atoms with van der Waals surface area (Å²) >= 11 is 0. The molecule has 214 valence electrons. The zero-order valence-corrected chi connectivity index (χ0v) is 20.8. The van der Waals surface area contributed by atoms with Gasteiger partial charge in [-0.2, -0.15) is 13.2 Å². The van der Waals surface area contributed by atoms with Crippen LogP contribution in [0.25, 0.3) is 0 Å². The summed E-state index contributed by atoms with van der Waals surface area (Å²) in [6, 6.07) is 14.6. The van der Waals surface area contributed by atoms with Crippen LogP contribution in [0.1, 0.15) is 28.8 Å². The van der Waals surface area contributed by atoms with Gasteiger partial charge in [0.05, 0.1) is 6.61 Å². The molecular formula is C26H31F3N2O8. The molecule has 1 heterocycles. The molecule has 2 amide bonds. The second-order valence-corrected chi connectivity index (χ2v) is 8.84. The van der Waals surface area contributed by atoms with Crippen LogP contribution in [0.3, 0.4) is 0 Å². The average Bonchev–Trinajstić information content (AvgIpc) is 3.21. The summed E-state index contributed by atoms with van der Waals surface area (Å²) in [6.45, 7) is 0.0191. The van der Waals surface area contributed by atoms with Gasteiger partial charge in [-0.3, -0.25) is 9.59 Å². The quantitative estimate of drug-likeness (QED) is 0.232. The number of carbonyl (C=O) groups is 2. The van der Waals surface area contributed by atoms with E-state index in [4.69, 9.17) is 14.2 Å². The van der Waals surface area contributed by atoms with Crippen LogP contribution in [0.5, 0.6) is 5.75 Å². The van der Waals surface area contributed by atoms with Crippen molar-refractivity contribution in [2.45, 2.75) is 56.3 Å². The number of alkyl halides is 3. The Morgan fingerprint density at radius 1 is 0.949 bits per heavy atom. The number of halogens is 3. The van der Waals surface area contributed by atoms with Crippen LogP contribution in [0.15, 0.2) is 54.6 Å². The van der Waals surface area contributed by atoms with Crippen molar-refractivity contribution in [3.8, 4) is 5.75 Å². The number of nitrogens with one attached hydrogen (secondary N) is 2. The molecule has 3 rings (SSSR count). The fraction of sp³-hybridized carbons (Fsp3) is 0.462. The van der Waals surface area contributed by atoms with E-state index in [1.54, 1.807) is 47.8 Å². The van der Waals surface area contributed by atoms with Gasteiger partial charge in [-0.25, -0.2) is 0 Å². The topological polar surface area (TPSA) is 147 Å². The lowest BCUT2D eigenvalue weighted by atomic mass is 10.1. The third-order valence-corrected chi connectivity index (χ3v) is 5.87. The first-order valence-electron chi connectivity index (χ1n) is 12.3. The van der Waals surface area contributed by atoms with Gasteiger partial charge in [-0.1, -0.05) is 30.3 Å². The number of carbonyl (C=O) groups excluding carboxylic acids is 2. The Morgan fingerprint density at radius 2 is 1.62 bits per heavy atom. The highest BCUT2D eigenvalue weighted by molar-refractivity contribution is 5.94. The third kappa shape index (κ3) is 9.18. The van der Waals surface area contributed by atoms with E-state index in [9.17, 15) is 38.1 Å². The van der Waals surface area contributed by atoms with E-state index in [0.29, 0.717) is 36.3 Å². The average molecular weight is 557 g/mol. The zero-order chi connectivity index (χ0) is 28.4. The maximum absolute atomic E-state index is 12.2. The number of aliphatic hydroxyl groups excluding tert-OH is 3. The number of hydrogen-bond donors (Lipinski definition) is 5. The Bertz CT molecular complexity index is 1060. The molecule has 0 spiro atoms. The summed E-state index contributed by atoms with van der Waals surface area (Å²) < 4.78 is 53.2. The molecule has 0 radical (unpaired) electrons. The molecule has 0 bridgehead atoms. The summed E-state index contributed by atoms with van der Waals surface area (Å²) in [5, 5.41) is 35.2. The van der Waals surface area contributed by atoms with Crippen molar-refractivity contribution in [1.82, 2.24) is 10.6 Å². The molecule has 0 saturated carbocycles. The van der Waals surface area contributed by atoms with Crippen molar-refractivity contribution in [3.63, 3.8) is 0 Å². The first-order chi connectivity index (χ1) is 18.6. The second kappa shape index (κ2) is 14.2. The smallest absolute Gasteiger partial charge is 0.471 e. The summed E-state index contributed by atoms with van der Waals surface area (Å²) in [6.07, 6.45) is -10.2. The number of benzene rings is 2. The zero-order valence-electron chi connectivity index (χ0n) is 20.8. The Kier molecular flexibility index (Phi) is 11.1. The first kappa shape index (κ1) is 30.3. The highest BCUT2D eigenvalue weighted by atomic mass is 19.4. The molecule has 5 atom stereocenters. The molecule has 39 heavy (non-hydrogen) atoms. The molecule has 1 unspecified atom stereocenters. The van der Waals surface area contributed by atoms with E-state index < -0.39 is 48.7 Å². The van der Waals surface area contributed by atoms with Crippen LogP contribution in [0.4, 0.5) is 13.2 Å². The summed E-state index contributed by atoms with van der Waals surface area (Å²) in [4.78, 5) is 23.0. The summed E-state index contributed by atoms with van der Waals surface area (Å²) in [7, 11) is 0. The molecule has 5 N–H and O–H groups in total. The molecule has 1 aliphatic rings. The van der Waals surface area contributed by atoms with Gasteiger partial charge in [0.1, 0.15) is 30.2 Å². The predicted octanol–water partition coefficient (Wildman–Crippen LogP) is 1.28. The van der Waals surface area contributed by atoms with Crippen LogP contribution >= 0.6 is 0 Å². The number of amides is 2. The number of ether oxygens (including phenoxy) is 3. The number of unbranched alkanes of at least 4 members (excludes halogenated alkanes) is 1. The second-order valence-electron chi connectivity index (χ2n) is 8.84. The molecular weight excluding hydrogens is 525 g/mol. The maximum atomic E-state index is 12.2. The van der Waals surface area contributed by atoms with E-state index in [0.717, 1.165) is 0 Å². The van der Waals surface area contributed by atoms with Gasteiger partial charge >= 0.3 is 12.1 Å². The lowest BCUT2D eigenvalue weighted by Crippen LogP contribution is -2.45. The van der Waals surface area contributed by atoms with E-state index in [1.165, 1.54) is 12.1 Å². The van der Waals surface area contributed by atoms with E-state index in [-0.39, 0.29) is 19.7 Å². The first-order valence-corrected chi connectivity index (χ1v) is 12.3. The standard InChI is InChI=1S/C26H31F3N2O8/c27-26(28,29)25(36)31-14-16-8-10-18(11-9-16)37-12-4-5-13-38-24-21(34)20(33)22(39-24)19(32)15-30-23(35)17-6-2-1-3-7-17/h1-3,6-11,19-22,24,32-34H,4-5,12-15H2,(H,30,35)(H,31,36)/t19-,20-,21-,22+,24?/m1/s1. The predicted molar refractivity (Wildman–Crippen MR) is 130 cm³/mol. The van der Waals surface area contributed by atoms with Crippen molar-refractivity contribution in [2.75, 3.05) is 19.8 Å². The number of aliphatic hydroxyl groups is 3. The van der Waals surface area contributed by atoms with Gasteiger partial charge in [0.2, 0.25) is 0 Å². The van der Waals surface area contributed by atoms with Gasteiger partial charge in [-0.05, 0) is 42.7 Å². The minimum atomic E-state index is -4.93. The van der Waals surface area contributed by atoms with Crippen molar-refractivity contribution in [3.05, 3.63) is 65.7 Å². The lowest BCUT2D eigenvalue weighted by Gasteiger charge is -2.21. The molecule has 1 fully saturated rings. The number of rotatable bonds is 13. The Morgan fingerprint density at radius 3 is 2.28 bits per heavy atom. The molecule has 13 heteroatoms. The van der Waals surface area contributed by atoms with Crippen molar-refractivity contribution < 1.29 is 52.3 Å². The Hall–Kier alpha value is -3.23. The monoisotopic (exact) mass is 556 g/mol. The van der Waals surface area contributed by atoms with Gasteiger partial charge in [0.15, 0.2) is 6.29 Å². The molecule has 0 aromatic heterocycles. The largest absolute Gasteiger partial charge is 0.494 e. The van der Waals surface area contributed by atoms with Gasteiger partial charge < -0.3 is 40.2 Å². The molecule has 2 aromatic carbocycles.